The van der Waals surface area contributed by atoms with Gasteiger partial charge >= 0.3 is 5.97 Å². The van der Waals surface area contributed by atoms with E-state index in [9.17, 15) is 14.7 Å². The Morgan fingerprint density at radius 1 is 1.28 bits per heavy atom. The van der Waals surface area contributed by atoms with Gasteiger partial charge in [0.15, 0.2) is 0 Å². The van der Waals surface area contributed by atoms with Crippen LogP contribution in [0.3, 0.4) is 0 Å². The molecule has 3 N–H and O–H groups in total. The highest BCUT2D eigenvalue weighted by Gasteiger charge is 2.58. The van der Waals surface area contributed by atoms with Crippen molar-refractivity contribution in [2.75, 3.05) is 38.8 Å². The van der Waals surface area contributed by atoms with Crippen molar-refractivity contribution in [3.05, 3.63) is 39.4 Å². The number of benzene rings is 1. The van der Waals surface area contributed by atoms with Gasteiger partial charge in [-0.2, -0.15) is 0 Å². The molecule has 4 aliphatic rings. The summed E-state index contributed by atoms with van der Waals surface area (Å²) in [5, 5.41) is 9.60. The van der Waals surface area contributed by atoms with Crippen LogP contribution in [-0.2, 0) is 16.1 Å². The van der Waals surface area contributed by atoms with E-state index in [0.717, 1.165) is 25.7 Å². The van der Waals surface area contributed by atoms with E-state index in [1.54, 1.807) is 7.11 Å². The molecule has 2 saturated heterocycles. The van der Waals surface area contributed by atoms with Gasteiger partial charge in [0.25, 0.3) is 0 Å². The molecule has 4 fully saturated rings. The molecular weight excluding hydrogens is 417 g/mol. The van der Waals surface area contributed by atoms with Crippen molar-refractivity contribution in [1.29, 1.82) is 0 Å². The number of ether oxygens (including phenoxy) is 2. The van der Waals surface area contributed by atoms with Gasteiger partial charge in [-0.25, -0.2) is 9.18 Å². The minimum absolute atomic E-state index is 0.0707. The van der Waals surface area contributed by atoms with Gasteiger partial charge in [0.1, 0.15) is 11.4 Å². The van der Waals surface area contributed by atoms with E-state index in [1.807, 2.05) is 9.47 Å². The third-order valence-corrected chi connectivity index (χ3v) is 7.05. The van der Waals surface area contributed by atoms with Gasteiger partial charge in [0, 0.05) is 61.5 Å². The van der Waals surface area contributed by atoms with Crippen LogP contribution in [0.4, 0.5) is 10.1 Å². The number of nitrogens with two attached hydrogens (primary N) is 1. The number of nitrogens with zero attached hydrogens (tertiary/aromatic N) is 2. The topological polar surface area (TPSA) is 107 Å². The third kappa shape index (κ3) is 3.22. The minimum atomic E-state index is -1.31. The first-order valence-corrected chi connectivity index (χ1v) is 10.9. The molecule has 8 nitrogen and oxygen atoms in total. The molecule has 9 heteroatoms. The molecule has 3 heterocycles. The lowest BCUT2D eigenvalue weighted by Gasteiger charge is -2.62. The van der Waals surface area contributed by atoms with Gasteiger partial charge in [-0.05, 0) is 31.7 Å². The quantitative estimate of drug-likeness (QED) is 0.673. The maximum Gasteiger partial charge on any atom is 0.341 e. The third-order valence-electron chi connectivity index (χ3n) is 7.05. The summed E-state index contributed by atoms with van der Waals surface area (Å²) in [7, 11) is 3.18. The number of halogens is 1. The molecule has 1 aromatic carbocycles. The average Bonchev–Trinajstić information content (AvgIpc) is 3.52. The highest BCUT2D eigenvalue weighted by Crippen LogP contribution is 2.53. The Hall–Kier alpha value is -2.49. The van der Waals surface area contributed by atoms with Crippen molar-refractivity contribution in [2.24, 2.45) is 11.1 Å². The fourth-order valence-electron chi connectivity index (χ4n) is 6.09. The molecule has 2 aromatic rings. The number of fused-ring (bicyclic) bond motifs is 3. The van der Waals surface area contributed by atoms with Crippen LogP contribution < -0.4 is 16.1 Å². The van der Waals surface area contributed by atoms with Crippen LogP contribution in [0.15, 0.2) is 17.1 Å². The van der Waals surface area contributed by atoms with Crippen molar-refractivity contribution in [2.45, 2.75) is 43.9 Å². The van der Waals surface area contributed by atoms with Crippen LogP contribution in [-0.4, -0.2) is 55.1 Å². The summed E-state index contributed by atoms with van der Waals surface area (Å²) in [6, 6.07) is 1.27. The summed E-state index contributed by atoms with van der Waals surface area (Å²) < 4.78 is 28.4. The number of hydrogen-bond acceptors (Lipinski definition) is 6. The van der Waals surface area contributed by atoms with Crippen molar-refractivity contribution < 1.29 is 23.8 Å². The Bertz CT molecular complexity index is 1170. The molecule has 0 atom stereocenters. The van der Waals surface area contributed by atoms with Crippen molar-refractivity contribution in [3.8, 4) is 0 Å². The monoisotopic (exact) mass is 445 g/mol. The summed E-state index contributed by atoms with van der Waals surface area (Å²) in [5.41, 5.74) is 6.48. The number of methoxy groups -OCH3 is 2. The molecule has 32 heavy (non-hydrogen) atoms. The molecule has 1 aromatic heterocycles. The van der Waals surface area contributed by atoms with Gasteiger partial charge in [-0.15, -0.1) is 0 Å². The zero-order valence-electron chi connectivity index (χ0n) is 18.3. The van der Waals surface area contributed by atoms with Crippen LogP contribution >= 0.6 is 0 Å². The number of rotatable bonds is 7. The number of pyridine rings is 1. The Morgan fingerprint density at radius 3 is 2.59 bits per heavy atom. The second-order valence-electron chi connectivity index (χ2n) is 9.84. The molecule has 0 unspecified atom stereocenters. The number of carboxylic acids is 1. The number of aromatic nitrogens is 1. The van der Waals surface area contributed by atoms with E-state index in [1.165, 1.54) is 19.4 Å². The summed E-state index contributed by atoms with van der Waals surface area (Å²) in [4.78, 5) is 26.6. The van der Waals surface area contributed by atoms with Gasteiger partial charge in [-0.1, -0.05) is 0 Å². The summed E-state index contributed by atoms with van der Waals surface area (Å²) >= 11 is 0. The largest absolute Gasteiger partial charge is 0.477 e. The molecule has 2 aliphatic carbocycles. The van der Waals surface area contributed by atoms with Gasteiger partial charge < -0.3 is 29.8 Å². The maximum absolute atomic E-state index is 15.7. The van der Waals surface area contributed by atoms with E-state index in [2.05, 4.69) is 0 Å². The first kappa shape index (κ1) is 21.4. The number of carbonyl (C=O) groups is 1. The maximum atomic E-state index is 15.7. The van der Waals surface area contributed by atoms with E-state index >= 15 is 4.39 Å². The lowest BCUT2D eigenvalue weighted by molar-refractivity contribution is -0.0530. The second kappa shape index (κ2) is 7.26. The van der Waals surface area contributed by atoms with Crippen molar-refractivity contribution in [1.82, 2.24) is 4.57 Å². The summed E-state index contributed by atoms with van der Waals surface area (Å²) in [5.74, 6) is -1.88. The molecular formula is C23H28FN3O5. The summed E-state index contributed by atoms with van der Waals surface area (Å²) in [6.07, 6.45) is 4.81. The number of anilines is 1. The Kier molecular flexibility index (Phi) is 4.85. The number of piperidine rings is 2. The van der Waals surface area contributed by atoms with Gasteiger partial charge in [0.05, 0.1) is 24.4 Å². The molecule has 2 saturated carbocycles. The SMILES string of the molecule is COCc1c(N2CC3(N)CC(COC)(C2)C3)c(F)cc2c(=O)c(C(=O)O)cn(C3CC3)c12. The smallest absolute Gasteiger partial charge is 0.341 e. The molecule has 172 valence electrons. The zero-order valence-corrected chi connectivity index (χ0v) is 18.3. The normalized spacial score (nSPS) is 26.9. The Morgan fingerprint density at radius 2 is 2.00 bits per heavy atom. The van der Waals surface area contributed by atoms with Crippen LogP contribution in [0.5, 0.6) is 0 Å². The fourth-order valence-corrected chi connectivity index (χ4v) is 6.09. The molecule has 0 radical (unpaired) electrons. The number of aromatic carboxylic acids is 1. The highest BCUT2D eigenvalue weighted by molar-refractivity contribution is 5.95. The molecule has 6 rings (SSSR count). The van der Waals surface area contributed by atoms with Crippen LogP contribution in [0.25, 0.3) is 10.9 Å². The predicted molar refractivity (Wildman–Crippen MR) is 117 cm³/mol. The van der Waals surface area contributed by atoms with Crippen LogP contribution in [0.2, 0.25) is 0 Å². The van der Waals surface area contributed by atoms with E-state index in [-0.39, 0.29) is 29.0 Å². The Balaban J connectivity index is 1.74. The first-order valence-electron chi connectivity index (χ1n) is 10.9. The second-order valence-corrected chi connectivity index (χ2v) is 9.84. The molecule has 2 aliphatic heterocycles. The number of carboxylic acid groups (broad SMARTS) is 1. The van der Waals surface area contributed by atoms with Crippen molar-refractivity contribution >= 4 is 22.6 Å². The highest BCUT2D eigenvalue weighted by atomic mass is 19.1. The lowest BCUT2D eigenvalue weighted by atomic mass is 9.54. The van der Waals surface area contributed by atoms with Crippen LogP contribution in [0.1, 0.15) is 47.6 Å². The van der Waals surface area contributed by atoms with Gasteiger partial charge in [0.2, 0.25) is 5.43 Å². The number of hydrogen-bond donors (Lipinski definition) is 2. The van der Waals surface area contributed by atoms with Gasteiger partial charge in [-0.3, -0.25) is 4.79 Å². The fraction of sp³-hybridized carbons (Fsp3) is 0.565. The Labute approximate surface area is 184 Å². The van der Waals surface area contributed by atoms with E-state index in [0.29, 0.717) is 36.5 Å². The standard InChI is InChI=1S/C23H28FN3O5/c1-31-7-16-18-14(20(28)15(21(29)30)6-27(18)13-3-4-13)5-17(24)19(16)26-10-22(12-32-2)8-23(25,9-22)11-26/h5-6,13H,3-4,7-12,25H2,1-2H3,(H,29,30). The predicted octanol–water partition coefficient (Wildman–Crippen LogP) is 2.26. The molecule has 2 bridgehead atoms. The van der Waals surface area contributed by atoms with E-state index in [4.69, 9.17) is 15.2 Å². The molecule has 0 spiro atoms. The average molecular weight is 445 g/mol. The first-order chi connectivity index (χ1) is 15.2. The van der Waals surface area contributed by atoms with Crippen LogP contribution in [0, 0.1) is 11.2 Å². The van der Waals surface area contributed by atoms with E-state index < -0.39 is 22.8 Å². The molecule has 0 amide bonds. The lowest BCUT2D eigenvalue weighted by Crippen LogP contribution is -2.72. The minimum Gasteiger partial charge on any atom is -0.477 e. The zero-order chi connectivity index (χ0) is 22.8. The van der Waals surface area contributed by atoms with Crippen molar-refractivity contribution in [3.63, 3.8) is 0 Å². The summed E-state index contributed by atoms with van der Waals surface area (Å²) in [6.45, 7) is 1.73.